The van der Waals surface area contributed by atoms with Crippen molar-refractivity contribution in [2.24, 2.45) is 11.7 Å². The second kappa shape index (κ2) is 5.76. The van der Waals surface area contributed by atoms with Crippen LogP contribution in [0.4, 0.5) is 0 Å². The van der Waals surface area contributed by atoms with Crippen molar-refractivity contribution >= 4 is 23.2 Å². The van der Waals surface area contributed by atoms with Crippen molar-refractivity contribution in [1.82, 2.24) is 0 Å². The highest BCUT2D eigenvalue weighted by atomic mass is 35.5. The van der Waals surface area contributed by atoms with Crippen molar-refractivity contribution in [3.05, 3.63) is 27.7 Å². The summed E-state index contributed by atoms with van der Waals surface area (Å²) < 4.78 is 5.26. The van der Waals surface area contributed by atoms with E-state index in [9.17, 15) is 0 Å². The molecule has 2 N–H and O–H groups in total. The van der Waals surface area contributed by atoms with Crippen LogP contribution in [0.5, 0.6) is 5.75 Å². The predicted molar refractivity (Wildman–Crippen MR) is 69.4 cm³/mol. The van der Waals surface area contributed by atoms with Gasteiger partial charge in [-0.3, -0.25) is 0 Å². The SMILES string of the molecule is COc1c(Cl)cc(Cl)cc1C(N)CC(C)C. The van der Waals surface area contributed by atoms with E-state index >= 15 is 0 Å². The zero-order valence-electron chi connectivity index (χ0n) is 9.76. The summed E-state index contributed by atoms with van der Waals surface area (Å²) in [5.41, 5.74) is 6.98. The molecule has 1 unspecified atom stereocenters. The number of hydrogen-bond acceptors (Lipinski definition) is 2. The third-order valence-corrected chi connectivity index (χ3v) is 2.87. The topological polar surface area (TPSA) is 35.2 Å². The van der Waals surface area contributed by atoms with Gasteiger partial charge in [-0.2, -0.15) is 0 Å². The molecular weight excluding hydrogens is 245 g/mol. The zero-order valence-corrected chi connectivity index (χ0v) is 11.3. The van der Waals surface area contributed by atoms with Crippen LogP contribution in [0.3, 0.4) is 0 Å². The van der Waals surface area contributed by atoms with Crippen molar-refractivity contribution in [3.8, 4) is 5.75 Å². The van der Waals surface area contributed by atoms with Crippen molar-refractivity contribution in [3.63, 3.8) is 0 Å². The van der Waals surface area contributed by atoms with Crippen LogP contribution in [-0.4, -0.2) is 7.11 Å². The maximum Gasteiger partial charge on any atom is 0.142 e. The maximum absolute atomic E-state index is 6.11. The highest BCUT2D eigenvalue weighted by Gasteiger charge is 2.17. The molecule has 0 spiro atoms. The summed E-state index contributed by atoms with van der Waals surface area (Å²) in [6.07, 6.45) is 0.868. The first kappa shape index (κ1) is 13.6. The Bertz CT molecular complexity index is 366. The van der Waals surface area contributed by atoms with Crippen LogP contribution in [0.15, 0.2) is 12.1 Å². The minimum atomic E-state index is -0.105. The Labute approximate surface area is 107 Å². The van der Waals surface area contributed by atoms with Gasteiger partial charge in [-0.15, -0.1) is 0 Å². The van der Waals surface area contributed by atoms with Gasteiger partial charge in [0.1, 0.15) is 5.75 Å². The number of hydrogen-bond donors (Lipinski definition) is 1. The van der Waals surface area contributed by atoms with E-state index < -0.39 is 0 Å². The smallest absolute Gasteiger partial charge is 0.142 e. The van der Waals surface area contributed by atoms with Gasteiger partial charge in [0.25, 0.3) is 0 Å². The summed E-state index contributed by atoms with van der Waals surface area (Å²) in [7, 11) is 1.58. The average molecular weight is 262 g/mol. The van der Waals surface area contributed by atoms with Crippen LogP contribution in [-0.2, 0) is 0 Å². The Kier molecular flexibility index (Phi) is 4.90. The van der Waals surface area contributed by atoms with Crippen LogP contribution in [0.25, 0.3) is 0 Å². The molecule has 0 radical (unpaired) electrons. The Morgan fingerprint density at radius 2 is 1.94 bits per heavy atom. The Morgan fingerprint density at radius 3 is 2.44 bits per heavy atom. The second-order valence-corrected chi connectivity index (χ2v) is 5.09. The van der Waals surface area contributed by atoms with Gasteiger partial charge >= 0.3 is 0 Å². The van der Waals surface area contributed by atoms with Gasteiger partial charge in [-0.25, -0.2) is 0 Å². The first-order valence-corrected chi connectivity index (χ1v) is 5.99. The van der Waals surface area contributed by atoms with E-state index in [4.69, 9.17) is 33.7 Å². The predicted octanol–water partition coefficient (Wildman–Crippen LogP) is 4.05. The standard InChI is InChI=1S/C12H17Cl2NO/c1-7(2)4-11(15)9-5-8(13)6-10(14)12(9)16-3/h5-7,11H,4,15H2,1-3H3. The second-order valence-electron chi connectivity index (χ2n) is 4.25. The van der Waals surface area contributed by atoms with E-state index in [-0.39, 0.29) is 6.04 Å². The summed E-state index contributed by atoms with van der Waals surface area (Å²) >= 11 is 12.0. The third kappa shape index (κ3) is 3.27. The lowest BCUT2D eigenvalue weighted by molar-refractivity contribution is 0.400. The van der Waals surface area contributed by atoms with E-state index in [1.54, 1.807) is 13.2 Å². The number of benzene rings is 1. The monoisotopic (exact) mass is 261 g/mol. The molecule has 0 aliphatic carbocycles. The normalized spacial score (nSPS) is 12.9. The molecule has 16 heavy (non-hydrogen) atoms. The lowest BCUT2D eigenvalue weighted by Crippen LogP contribution is -2.14. The number of ether oxygens (including phenoxy) is 1. The van der Waals surface area contributed by atoms with E-state index in [2.05, 4.69) is 13.8 Å². The van der Waals surface area contributed by atoms with E-state index in [0.717, 1.165) is 12.0 Å². The van der Waals surface area contributed by atoms with E-state index in [1.807, 2.05) is 6.07 Å². The molecule has 1 atom stereocenters. The van der Waals surface area contributed by atoms with Crippen LogP contribution in [0.1, 0.15) is 31.9 Å². The Balaban J connectivity index is 3.10. The molecule has 90 valence electrons. The molecule has 4 heteroatoms. The molecule has 1 rings (SSSR count). The third-order valence-electron chi connectivity index (χ3n) is 2.37. The van der Waals surface area contributed by atoms with Gasteiger partial charge in [0, 0.05) is 16.6 Å². The van der Waals surface area contributed by atoms with Crippen LogP contribution < -0.4 is 10.5 Å². The highest BCUT2D eigenvalue weighted by Crippen LogP contribution is 2.36. The van der Waals surface area contributed by atoms with Crippen molar-refractivity contribution in [2.75, 3.05) is 7.11 Å². The van der Waals surface area contributed by atoms with Gasteiger partial charge in [-0.05, 0) is 24.5 Å². The molecule has 0 aliphatic rings. The molecule has 0 fully saturated rings. The van der Waals surface area contributed by atoms with Crippen molar-refractivity contribution < 1.29 is 4.74 Å². The molecule has 0 saturated carbocycles. The minimum Gasteiger partial charge on any atom is -0.495 e. The fraction of sp³-hybridized carbons (Fsp3) is 0.500. The Hall–Kier alpha value is -0.440. The largest absolute Gasteiger partial charge is 0.495 e. The van der Waals surface area contributed by atoms with E-state index in [1.165, 1.54) is 0 Å². The molecule has 0 heterocycles. The lowest BCUT2D eigenvalue weighted by Gasteiger charge is -2.18. The molecular formula is C12H17Cl2NO. The highest BCUT2D eigenvalue weighted by molar-refractivity contribution is 6.35. The molecule has 0 bridgehead atoms. The summed E-state index contributed by atoms with van der Waals surface area (Å²) in [6, 6.07) is 3.37. The average Bonchev–Trinajstić information content (AvgIpc) is 2.15. The molecule has 0 saturated heterocycles. The van der Waals surface area contributed by atoms with Gasteiger partial charge < -0.3 is 10.5 Å². The molecule has 0 amide bonds. The molecule has 2 nitrogen and oxygen atoms in total. The number of rotatable bonds is 4. The van der Waals surface area contributed by atoms with Gasteiger partial charge in [0.15, 0.2) is 0 Å². The van der Waals surface area contributed by atoms with Crippen LogP contribution in [0, 0.1) is 5.92 Å². The fourth-order valence-electron chi connectivity index (χ4n) is 1.71. The van der Waals surface area contributed by atoms with Gasteiger partial charge in [0.05, 0.1) is 12.1 Å². The van der Waals surface area contributed by atoms with Crippen LogP contribution in [0.2, 0.25) is 10.0 Å². The lowest BCUT2D eigenvalue weighted by atomic mass is 9.97. The molecule has 1 aromatic rings. The summed E-state index contributed by atoms with van der Waals surface area (Å²) in [5, 5.41) is 1.09. The first-order valence-electron chi connectivity index (χ1n) is 5.24. The molecule has 1 aromatic carbocycles. The van der Waals surface area contributed by atoms with Gasteiger partial charge in [0.2, 0.25) is 0 Å². The molecule has 0 aliphatic heterocycles. The fourth-order valence-corrected chi connectivity index (χ4v) is 2.29. The first-order chi connectivity index (χ1) is 7.45. The quantitative estimate of drug-likeness (QED) is 0.888. The number of nitrogens with two attached hydrogens (primary N) is 1. The number of halogens is 2. The zero-order chi connectivity index (χ0) is 12.3. The summed E-state index contributed by atoms with van der Waals surface area (Å²) in [4.78, 5) is 0. The van der Waals surface area contributed by atoms with Crippen molar-refractivity contribution in [2.45, 2.75) is 26.3 Å². The van der Waals surface area contributed by atoms with Crippen LogP contribution >= 0.6 is 23.2 Å². The van der Waals surface area contributed by atoms with Crippen molar-refractivity contribution in [1.29, 1.82) is 0 Å². The summed E-state index contributed by atoms with van der Waals surface area (Å²) in [5.74, 6) is 1.14. The Morgan fingerprint density at radius 1 is 1.31 bits per heavy atom. The maximum atomic E-state index is 6.11. The summed E-state index contributed by atoms with van der Waals surface area (Å²) in [6.45, 7) is 4.25. The molecule has 0 aromatic heterocycles. The number of methoxy groups -OCH3 is 1. The minimum absolute atomic E-state index is 0.105. The van der Waals surface area contributed by atoms with Gasteiger partial charge in [-0.1, -0.05) is 37.0 Å². The van der Waals surface area contributed by atoms with E-state index in [0.29, 0.717) is 21.7 Å².